The second-order valence-corrected chi connectivity index (χ2v) is 8.40. The van der Waals surface area contributed by atoms with Crippen molar-refractivity contribution in [2.24, 2.45) is 11.1 Å². The van der Waals surface area contributed by atoms with Gasteiger partial charge in [0, 0.05) is 0 Å². The maximum Gasteiger partial charge on any atom is -0.00773 e. The van der Waals surface area contributed by atoms with E-state index in [1.807, 2.05) is 0 Å². The van der Waals surface area contributed by atoms with E-state index in [4.69, 9.17) is 5.73 Å². The summed E-state index contributed by atoms with van der Waals surface area (Å²) in [6.45, 7) is 8.02. The lowest BCUT2D eigenvalue weighted by molar-refractivity contribution is 0.220. The Hall–Kier alpha value is -0.0400. The van der Waals surface area contributed by atoms with E-state index in [0.29, 0.717) is 5.41 Å². The van der Waals surface area contributed by atoms with Gasteiger partial charge in [0.05, 0.1) is 0 Å². The summed E-state index contributed by atoms with van der Waals surface area (Å²) < 4.78 is 0. The van der Waals surface area contributed by atoms with E-state index in [-0.39, 0.29) is 0 Å². The molecule has 2 N–H and O–H groups in total. The lowest BCUT2D eigenvalue weighted by atomic mass is 9.75. The van der Waals surface area contributed by atoms with Crippen molar-refractivity contribution < 1.29 is 0 Å². The Balaban J connectivity index is 3.21. The minimum atomic E-state index is 0.657. The molecule has 0 amide bonds. The van der Waals surface area contributed by atoms with Gasteiger partial charge in [-0.2, -0.15) is 0 Å². The molecule has 0 spiro atoms. The molecule has 0 saturated heterocycles. The van der Waals surface area contributed by atoms with Crippen molar-refractivity contribution in [3.8, 4) is 0 Å². The number of unbranched alkanes of at least 4 members (excludes halogenated alkanes) is 14. The summed E-state index contributed by atoms with van der Waals surface area (Å²) in [5, 5.41) is 0. The Bertz CT molecular complexity index is 236. The Morgan fingerprint density at radius 3 is 1.00 bits per heavy atom. The van der Waals surface area contributed by atoms with Crippen molar-refractivity contribution in [3.63, 3.8) is 0 Å². The van der Waals surface area contributed by atoms with E-state index in [1.54, 1.807) is 0 Å². The van der Waals surface area contributed by atoms with Gasteiger partial charge >= 0.3 is 0 Å². The van der Waals surface area contributed by atoms with Crippen molar-refractivity contribution in [3.05, 3.63) is 0 Å². The summed E-state index contributed by atoms with van der Waals surface area (Å²) in [4.78, 5) is 0. The molecule has 25 heavy (non-hydrogen) atoms. The molecule has 0 bridgehead atoms. The molecule has 0 saturated carbocycles. The molecule has 0 aliphatic carbocycles. The first kappa shape index (κ1) is 25.0. The highest BCUT2D eigenvalue weighted by atomic mass is 14.5. The molecule has 152 valence electrons. The quantitative estimate of drug-likeness (QED) is 0.218. The SMILES string of the molecule is CCC(CC)(CC)CCCCCCCCCCCCCCCCCN. The van der Waals surface area contributed by atoms with Crippen LogP contribution in [0.1, 0.15) is 143 Å². The third-order valence-electron chi connectivity index (χ3n) is 6.66. The van der Waals surface area contributed by atoms with Crippen LogP contribution >= 0.6 is 0 Å². The Morgan fingerprint density at radius 1 is 0.440 bits per heavy atom. The number of hydrogen-bond acceptors (Lipinski definition) is 1. The zero-order chi connectivity index (χ0) is 18.6. The summed E-state index contributed by atoms with van der Waals surface area (Å²) in [6, 6.07) is 0. The van der Waals surface area contributed by atoms with Gasteiger partial charge in [-0.3, -0.25) is 0 Å². The number of nitrogens with two attached hydrogens (primary N) is 1. The largest absolute Gasteiger partial charge is 0.330 e. The molecule has 0 heterocycles. The van der Waals surface area contributed by atoms with Gasteiger partial charge < -0.3 is 5.73 Å². The topological polar surface area (TPSA) is 26.0 Å². The van der Waals surface area contributed by atoms with Crippen LogP contribution in [0, 0.1) is 5.41 Å². The molecule has 0 aromatic heterocycles. The molecule has 0 aromatic rings. The maximum absolute atomic E-state index is 5.52. The molecule has 0 atom stereocenters. The highest BCUT2D eigenvalue weighted by Gasteiger charge is 2.22. The van der Waals surface area contributed by atoms with Crippen molar-refractivity contribution in [2.75, 3.05) is 6.54 Å². The van der Waals surface area contributed by atoms with Gasteiger partial charge in [-0.1, -0.05) is 130 Å². The van der Waals surface area contributed by atoms with Crippen LogP contribution in [0.25, 0.3) is 0 Å². The van der Waals surface area contributed by atoms with Crippen LogP contribution in [0.4, 0.5) is 0 Å². The Morgan fingerprint density at radius 2 is 0.720 bits per heavy atom. The fraction of sp³-hybridized carbons (Fsp3) is 1.00. The molecule has 0 aliphatic heterocycles. The fourth-order valence-corrected chi connectivity index (χ4v) is 4.22. The van der Waals surface area contributed by atoms with Gasteiger partial charge in [-0.25, -0.2) is 0 Å². The predicted octanol–water partition coefficient (Wildman–Crippen LogP) is 8.40. The molecule has 0 rings (SSSR count). The second kappa shape index (κ2) is 18.7. The van der Waals surface area contributed by atoms with Gasteiger partial charge in [0.1, 0.15) is 0 Å². The van der Waals surface area contributed by atoms with Crippen LogP contribution in [0.2, 0.25) is 0 Å². The normalized spacial score (nSPS) is 12.0. The smallest absolute Gasteiger partial charge is 0.00773 e. The second-order valence-electron chi connectivity index (χ2n) is 8.40. The van der Waals surface area contributed by atoms with Gasteiger partial charge in [0.25, 0.3) is 0 Å². The molecule has 0 aromatic carbocycles. The van der Waals surface area contributed by atoms with E-state index >= 15 is 0 Å². The van der Waals surface area contributed by atoms with E-state index < -0.39 is 0 Å². The lowest BCUT2D eigenvalue weighted by Crippen LogP contribution is -2.17. The monoisotopic (exact) mass is 353 g/mol. The Labute approximate surface area is 160 Å². The van der Waals surface area contributed by atoms with Gasteiger partial charge in [-0.05, 0) is 24.8 Å². The molecular formula is C24H51N. The van der Waals surface area contributed by atoms with Crippen LogP contribution in [-0.2, 0) is 0 Å². The molecule has 0 radical (unpaired) electrons. The summed E-state index contributed by atoms with van der Waals surface area (Å²) in [5.41, 5.74) is 6.17. The molecule has 0 fully saturated rings. The van der Waals surface area contributed by atoms with Crippen LogP contribution in [0.5, 0.6) is 0 Å². The van der Waals surface area contributed by atoms with Crippen molar-refractivity contribution >= 4 is 0 Å². The van der Waals surface area contributed by atoms with Crippen molar-refractivity contribution in [2.45, 2.75) is 143 Å². The molecular weight excluding hydrogens is 302 g/mol. The first-order valence-corrected chi connectivity index (χ1v) is 11.9. The average molecular weight is 354 g/mol. The predicted molar refractivity (Wildman–Crippen MR) is 116 cm³/mol. The zero-order valence-electron chi connectivity index (χ0n) is 18.2. The van der Waals surface area contributed by atoms with Crippen molar-refractivity contribution in [1.29, 1.82) is 0 Å². The van der Waals surface area contributed by atoms with Gasteiger partial charge in [0.2, 0.25) is 0 Å². The number of rotatable bonds is 20. The van der Waals surface area contributed by atoms with Gasteiger partial charge in [-0.15, -0.1) is 0 Å². The molecule has 1 nitrogen and oxygen atoms in total. The first-order valence-electron chi connectivity index (χ1n) is 11.9. The summed E-state index contributed by atoms with van der Waals surface area (Å²) in [5.74, 6) is 0. The van der Waals surface area contributed by atoms with E-state index in [9.17, 15) is 0 Å². The minimum absolute atomic E-state index is 0.657. The third kappa shape index (κ3) is 14.8. The van der Waals surface area contributed by atoms with Crippen LogP contribution in [-0.4, -0.2) is 6.54 Å². The van der Waals surface area contributed by atoms with Crippen LogP contribution in [0.3, 0.4) is 0 Å². The van der Waals surface area contributed by atoms with Crippen LogP contribution in [0.15, 0.2) is 0 Å². The van der Waals surface area contributed by atoms with Crippen molar-refractivity contribution in [1.82, 2.24) is 0 Å². The standard InChI is InChI=1S/C24H51N/c1-4-24(5-2,6-3)22-20-18-16-14-12-10-8-7-9-11-13-15-17-19-21-23-25/h4-23,25H2,1-3H3. The first-order chi connectivity index (χ1) is 12.2. The summed E-state index contributed by atoms with van der Waals surface area (Å²) >= 11 is 0. The van der Waals surface area contributed by atoms with Gasteiger partial charge in [0.15, 0.2) is 0 Å². The highest BCUT2D eigenvalue weighted by Crippen LogP contribution is 2.36. The highest BCUT2D eigenvalue weighted by molar-refractivity contribution is 4.74. The summed E-state index contributed by atoms with van der Waals surface area (Å²) in [6.07, 6.45) is 27.1. The van der Waals surface area contributed by atoms with E-state index in [2.05, 4.69) is 20.8 Å². The zero-order valence-corrected chi connectivity index (χ0v) is 18.2. The Kier molecular flexibility index (Phi) is 18.7. The lowest BCUT2D eigenvalue weighted by Gasteiger charge is -2.30. The minimum Gasteiger partial charge on any atom is -0.330 e. The third-order valence-corrected chi connectivity index (χ3v) is 6.66. The molecule has 1 heteroatoms. The number of hydrogen-bond donors (Lipinski definition) is 1. The maximum atomic E-state index is 5.52. The van der Waals surface area contributed by atoms with Crippen LogP contribution < -0.4 is 5.73 Å². The fourth-order valence-electron chi connectivity index (χ4n) is 4.22. The average Bonchev–Trinajstić information content (AvgIpc) is 2.65. The molecule has 0 unspecified atom stereocenters. The summed E-state index contributed by atoms with van der Waals surface area (Å²) in [7, 11) is 0. The van der Waals surface area contributed by atoms with E-state index in [0.717, 1.165) is 6.54 Å². The molecule has 0 aliphatic rings. The van der Waals surface area contributed by atoms with E-state index in [1.165, 1.54) is 122 Å².